The third-order valence-corrected chi connectivity index (χ3v) is 1.65. The van der Waals surface area contributed by atoms with Gasteiger partial charge in [0.2, 0.25) is 10.0 Å². The van der Waals surface area contributed by atoms with Crippen LogP contribution < -0.4 is 5.14 Å². The molecule has 0 spiro atoms. The predicted molar refractivity (Wildman–Crippen MR) is 39.0 cm³/mol. The lowest BCUT2D eigenvalue weighted by Gasteiger charge is -2.02. The Morgan fingerprint density at radius 3 is 2.64 bits per heavy atom. The van der Waals surface area contributed by atoms with E-state index in [0.717, 1.165) is 0 Å². The van der Waals surface area contributed by atoms with Crippen LogP contribution in [-0.2, 0) is 14.8 Å². The van der Waals surface area contributed by atoms with Gasteiger partial charge in [0.1, 0.15) is 6.10 Å². The largest absolute Gasteiger partial charge is 0.362 e. The van der Waals surface area contributed by atoms with Gasteiger partial charge >= 0.3 is 0 Å². The monoisotopic (exact) mass is 178 g/mol. The maximum Gasteiger partial charge on any atom is 0.211 e. The lowest BCUT2D eigenvalue weighted by molar-refractivity contribution is 0.116. The minimum Gasteiger partial charge on any atom is -0.362 e. The molecule has 0 saturated heterocycles. The summed E-state index contributed by atoms with van der Waals surface area (Å²) in [6.07, 6.45) is -0.586. The number of ether oxygens (including phenoxy) is 1. The molecule has 1 atom stereocenters. The number of nitriles is 1. The Labute approximate surface area is 65.8 Å². The molecule has 0 aromatic carbocycles. The molecule has 0 saturated carbocycles. The molecule has 0 bridgehead atoms. The minimum atomic E-state index is -3.46. The van der Waals surface area contributed by atoms with Crippen molar-refractivity contribution < 1.29 is 13.2 Å². The van der Waals surface area contributed by atoms with Crippen LogP contribution in [0.5, 0.6) is 0 Å². The number of hydrogen-bond donors (Lipinski definition) is 1. The molecule has 1 unspecified atom stereocenters. The van der Waals surface area contributed by atoms with Crippen molar-refractivity contribution in [2.75, 3.05) is 12.4 Å². The molecule has 2 N–H and O–H groups in total. The molecule has 0 fully saturated rings. The van der Waals surface area contributed by atoms with Gasteiger partial charge in [-0.2, -0.15) is 5.26 Å². The molecule has 0 amide bonds. The number of hydrogen-bond acceptors (Lipinski definition) is 4. The van der Waals surface area contributed by atoms with Gasteiger partial charge in [-0.3, -0.25) is 0 Å². The van der Waals surface area contributed by atoms with E-state index in [1.54, 1.807) is 6.07 Å². The minimum absolute atomic E-state index is 0.0342. The van der Waals surface area contributed by atoms with Gasteiger partial charge in [-0.1, -0.05) is 0 Å². The second-order valence-corrected chi connectivity index (χ2v) is 3.74. The van der Waals surface area contributed by atoms with Crippen LogP contribution in [0.3, 0.4) is 0 Å². The highest BCUT2D eigenvalue weighted by Crippen LogP contribution is 1.88. The van der Waals surface area contributed by atoms with Crippen molar-refractivity contribution in [3.8, 4) is 6.07 Å². The number of rotatable bonds is 4. The Hall–Kier alpha value is -0.640. The summed E-state index contributed by atoms with van der Waals surface area (Å²) in [6.45, 7) is 1.50. The van der Waals surface area contributed by atoms with E-state index in [-0.39, 0.29) is 12.4 Å². The van der Waals surface area contributed by atoms with E-state index in [1.165, 1.54) is 6.92 Å². The summed E-state index contributed by atoms with van der Waals surface area (Å²) in [5, 5.41) is 12.9. The summed E-state index contributed by atoms with van der Waals surface area (Å²) in [7, 11) is -3.46. The maximum atomic E-state index is 10.3. The summed E-state index contributed by atoms with van der Waals surface area (Å²) in [6, 6.07) is 1.79. The first-order valence-corrected chi connectivity index (χ1v) is 4.69. The van der Waals surface area contributed by atoms with Crippen molar-refractivity contribution in [1.29, 1.82) is 5.26 Å². The van der Waals surface area contributed by atoms with E-state index in [4.69, 9.17) is 10.00 Å². The summed E-state index contributed by atoms with van der Waals surface area (Å²) in [5.74, 6) is -0.251. The van der Waals surface area contributed by atoms with E-state index in [0.29, 0.717) is 0 Å². The molecular formula is C5H10N2O3S. The molecule has 0 heterocycles. The average molecular weight is 178 g/mol. The van der Waals surface area contributed by atoms with Gasteiger partial charge in [-0.15, -0.1) is 0 Å². The van der Waals surface area contributed by atoms with Crippen LogP contribution in [0.1, 0.15) is 6.92 Å². The number of nitrogens with zero attached hydrogens (tertiary/aromatic N) is 1. The van der Waals surface area contributed by atoms with Gasteiger partial charge in [-0.05, 0) is 6.92 Å². The summed E-state index contributed by atoms with van der Waals surface area (Å²) < 4.78 is 25.4. The highest BCUT2D eigenvalue weighted by molar-refractivity contribution is 7.89. The molecule has 5 nitrogen and oxygen atoms in total. The highest BCUT2D eigenvalue weighted by atomic mass is 32.2. The molecule has 0 aromatic rings. The Morgan fingerprint density at radius 2 is 2.27 bits per heavy atom. The zero-order valence-electron chi connectivity index (χ0n) is 6.15. The average Bonchev–Trinajstić information content (AvgIpc) is 1.85. The fourth-order valence-electron chi connectivity index (χ4n) is 0.378. The van der Waals surface area contributed by atoms with Gasteiger partial charge in [0.25, 0.3) is 0 Å². The van der Waals surface area contributed by atoms with Gasteiger partial charge < -0.3 is 4.74 Å². The zero-order valence-corrected chi connectivity index (χ0v) is 6.97. The molecule has 0 radical (unpaired) electrons. The molecule has 64 valence electrons. The smallest absolute Gasteiger partial charge is 0.211 e. The first kappa shape index (κ1) is 10.4. The normalized spacial score (nSPS) is 13.9. The zero-order chi connectivity index (χ0) is 8.91. The van der Waals surface area contributed by atoms with Crippen molar-refractivity contribution in [2.45, 2.75) is 13.0 Å². The van der Waals surface area contributed by atoms with Crippen molar-refractivity contribution >= 4 is 10.0 Å². The summed E-state index contributed by atoms with van der Waals surface area (Å²) in [5.41, 5.74) is 0. The van der Waals surface area contributed by atoms with Crippen molar-refractivity contribution in [1.82, 2.24) is 0 Å². The van der Waals surface area contributed by atoms with E-state index in [2.05, 4.69) is 5.14 Å². The predicted octanol–water partition coefficient (Wildman–Crippen LogP) is -0.796. The van der Waals surface area contributed by atoms with E-state index < -0.39 is 16.1 Å². The molecule has 0 aliphatic heterocycles. The van der Waals surface area contributed by atoms with Crippen molar-refractivity contribution in [2.24, 2.45) is 5.14 Å². The Balaban J connectivity index is 3.53. The lowest BCUT2D eigenvalue weighted by Crippen LogP contribution is -2.21. The van der Waals surface area contributed by atoms with Crippen molar-refractivity contribution in [3.63, 3.8) is 0 Å². The summed E-state index contributed by atoms with van der Waals surface area (Å²) in [4.78, 5) is 0. The second kappa shape index (κ2) is 4.28. The van der Waals surface area contributed by atoms with E-state index >= 15 is 0 Å². The Morgan fingerprint density at radius 1 is 1.73 bits per heavy atom. The van der Waals surface area contributed by atoms with Crippen LogP contribution in [0, 0.1) is 11.3 Å². The van der Waals surface area contributed by atoms with Crippen LogP contribution in [0.15, 0.2) is 0 Å². The molecule has 0 aromatic heterocycles. The van der Waals surface area contributed by atoms with E-state index in [9.17, 15) is 8.42 Å². The molecular weight excluding hydrogens is 168 g/mol. The number of primary sulfonamides is 1. The van der Waals surface area contributed by atoms with Gasteiger partial charge in [0.05, 0.1) is 18.4 Å². The van der Waals surface area contributed by atoms with Gasteiger partial charge in [-0.25, -0.2) is 13.6 Å². The lowest BCUT2D eigenvalue weighted by atomic mass is 10.5. The van der Waals surface area contributed by atoms with Crippen LogP contribution in [0.2, 0.25) is 0 Å². The molecule has 0 aliphatic rings. The third-order valence-electron chi connectivity index (χ3n) is 0.918. The summed E-state index contributed by atoms with van der Waals surface area (Å²) >= 11 is 0. The fraction of sp³-hybridized carbons (Fsp3) is 0.800. The van der Waals surface area contributed by atoms with Crippen LogP contribution in [0.25, 0.3) is 0 Å². The molecule has 0 aliphatic carbocycles. The van der Waals surface area contributed by atoms with Gasteiger partial charge in [0.15, 0.2) is 0 Å². The van der Waals surface area contributed by atoms with E-state index in [1.807, 2.05) is 0 Å². The topological polar surface area (TPSA) is 93.2 Å². The van der Waals surface area contributed by atoms with Gasteiger partial charge in [0, 0.05) is 0 Å². The number of sulfonamides is 1. The third kappa shape index (κ3) is 7.25. The maximum absolute atomic E-state index is 10.3. The highest BCUT2D eigenvalue weighted by Gasteiger charge is 2.04. The first-order valence-electron chi connectivity index (χ1n) is 2.97. The molecule has 0 rings (SSSR count). The SMILES string of the molecule is CC(C#N)OCCS(N)(=O)=O. The Bertz CT molecular complexity index is 241. The quantitative estimate of drug-likeness (QED) is 0.610. The second-order valence-electron chi connectivity index (χ2n) is 2.01. The van der Waals surface area contributed by atoms with Crippen LogP contribution in [-0.4, -0.2) is 26.9 Å². The standard InChI is InChI=1S/C5H10N2O3S/c1-5(4-6)10-2-3-11(7,8)9/h5H,2-3H2,1H3,(H2,7,8,9). The van der Waals surface area contributed by atoms with Crippen LogP contribution >= 0.6 is 0 Å². The fourth-order valence-corrected chi connectivity index (χ4v) is 0.707. The Kier molecular flexibility index (Phi) is 4.03. The first-order chi connectivity index (χ1) is 4.95. The van der Waals surface area contributed by atoms with Crippen molar-refractivity contribution in [3.05, 3.63) is 0 Å². The number of nitrogens with two attached hydrogens (primary N) is 1. The molecule has 6 heteroatoms. The molecule has 11 heavy (non-hydrogen) atoms. The van der Waals surface area contributed by atoms with Crippen LogP contribution in [0.4, 0.5) is 0 Å².